The van der Waals surface area contributed by atoms with E-state index in [0.29, 0.717) is 5.56 Å². The van der Waals surface area contributed by atoms with Crippen molar-refractivity contribution in [1.82, 2.24) is 0 Å². The van der Waals surface area contributed by atoms with Crippen LogP contribution in [0.25, 0.3) is 0 Å². The quantitative estimate of drug-likeness (QED) is 0.650. The summed E-state index contributed by atoms with van der Waals surface area (Å²) in [4.78, 5) is 0. The molecule has 2 atom stereocenters. The van der Waals surface area contributed by atoms with Crippen molar-refractivity contribution < 1.29 is 28.1 Å². The minimum atomic E-state index is -5.14. The Morgan fingerprint density at radius 1 is 1.12 bits per heavy atom. The molecule has 1 fully saturated rings. The molecule has 0 amide bonds. The molecule has 0 bridgehead atoms. The average Bonchev–Trinajstić information content (AvgIpc) is 2.97. The van der Waals surface area contributed by atoms with Gasteiger partial charge in [-0.25, -0.2) is 0 Å². The lowest BCUT2D eigenvalue weighted by molar-refractivity contribution is -0.355. The molecule has 7 heteroatoms. The third kappa shape index (κ3) is 2.33. The SMILES string of the molecule is OC(O)([C@H]1O[C@@H]1c1ccc(Br)cc1)C(F)(F)F. The smallest absolute Gasteiger partial charge is 0.358 e. The van der Waals surface area contributed by atoms with Crippen LogP contribution in [-0.4, -0.2) is 28.3 Å². The van der Waals surface area contributed by atoms with Crippen LogP contribution >= 0.6 is 15.9 Å². The van der Waals surface area contributed by atoms with Gasteiger partial charge in [0.05, 0.1) is 0 Å². The monoisotopic (exact) mass is 312 g/mol. The fourth-order valence-electron chi connectivity index (χ4n) is 1.49. The standard InChI is InChI=1S/C10H8BrF3O3/c11-6-3-1-5(2-4-6)7-8(17-7)9(15,16)10(12,13)14/h1-4,7-8,15-16H/t7-,8+/m1/s1. The highest BCUT2D eigenvalue weighted by Crippen LogP contribution is 2.49. The van der Waals surface area contributed by atoms with E-state index < -0.39 is 24.2 Å². The van der Waals surface area contributed by atoms with Crippen molar-refractivity contribution >= 4 is 15.9 Å². The predicted octanol–water partition coefficient (Wildman–Crippen LogP) is 2.13. The number of alkyl halides is 3. The fraction of sp³-hybridized carbons (Fsp3) is 0.400. The van der Waals surface area contributed by atoms with E-state index in [-0.39, 0.29) is 0 Å². The van der Waals surface area contributed by atoms with Crippen molar-refractivity contribution in [1.29, 1.82) is 0 Å². The molecule has 1 saturated heterocycles. The summed E-state index contributed by atoms with van der Waals surface area (Å²) in [7, 11) is 0. The topological polar surface area (TPSA) is 53.0 Å². The maximum atomic E-state index is 12.3. The van der Waals surface area contributed by atoms with Crippen molar-refractivity contribution in [3.63, 3.8) is 0 Å². The van der Waals surface area contributed by atoms with Crippen LogP contribution in [0.2, 0.25) is 0 Å². The number of rotatable bonds is 2. The van der Waals surface area contributed by atoms with Gasteiger partial charge in [0.1, 0.15) is 6.10 Å². The number of epoxide rings is 1. The highest BCUT2D eigenvalue weighted by Gasteiger charge is 2.67. The van der Waals surface area contributed by atoms with Crippen molar-refractivity contribution in [3.05, 3.63) is 34.3 Å². The Kier molecular flexibility index (Phi) is 2.97. The van der Waals surface area contributed by atoms with Gasteiger partial charge in [0.15, 0.2) is 6.10 Å². The van der Waals surface area contributed by atoms with Crippen LogP contribution in [0, 0.1) is 0 Å². The molecule has 3 nitrogen and oxygen atoms in total. The van der Waals surface area contributed by atoms with Gasteiger partial charge in [0.25, 0.3) is 5.79 Å². The molecule has 2 rings (SSSR count). The Morgan fingerprint density at radius 3 is 2.12 bits per heavy atom. The summed E-state index contributed by atoms with van der Waals surface area (Å²) in [6.07, 6.45) is -7.76. The van der Waals surface area contributed by atoms with Crippen LogP contribution in [0.5, 0.6) is 0 Å². The predicted molar refractivity (Wildman–Crippen MR) is 55.0 cm³/mol. The summed E-state index contributed by atoms with van der Waals surface area (Å²) >= 11 is 3.18. The number of benzene rings is 1. The summed E-state index contributed by atoms with van der Waals surface area (Å²) in [5, 5.41) is 17.9. The van der Waals surface area contributed by atoms with Gasteiger partial charge in [0, 0.05) is 4.47 Å². The van der Waals surface area contributed by atoms with E-state index in [9.17, 15) is 13.2 Å². The third-order valence-corrected chi connectivity index (χ3v) is 3.03. The molecule has 1 aliphatic heterocycles. The van der Waals surface area contributed by atoms with E-state index in [1.807, 2.05) is 0 Å². The van der Waals surface area contributed by atoms with Crippen LogP contribution in [0.4, 0.5) is 13.2 Å². The lowest BCUT2D eigenvalue weighted by atomic mass is 10.0. The molecule has 0 unspecified atom stereocenters. The fourth-order valence-corrected chi connectivity index (χ4v) is 1.75. The zero-order valence-electron chi connectivity index (χ0n) is 8.28. The lowest BCUT2D eigenvalue weighted by Gasteiger charge is -2.22. The Balaban J connectivity index is 2.13. The van der Waals surface area contributed by atoms with E-state index in [2.05, 4.69) is 15.9 Å². The number of halogens is 4. The maximum absolute atomic E-state index is 12.3. The maximum Gasteiger partial charge on any atom is 0.445 e. The molecule has 1 aromatic carbocycles. The molecule has 1 heterocycles. The molecule has 1 aromatic rings. The van der Waals surface area contributed by atoms with Gasteiger partial charge in [-0.05, 0) is 17.7 Å². The number of ether oxygens (including phenoxy) is 1. The molecule has 94 valence electrons. The van der Waals surface area contributed by atoms with Crippen LogP contribution in [0.1, 0.15) is 11.7 Å². The third-order valence-electron chi connectivity index (χ3n) is 2.50. The van der Waals surface area contributed by atoms with Gasteiger partial charge in [-0.2, -0.15) is 13.2 Å². The second-order valence-corrected chi connectivity index (χ2v) is 4.67. The first-order valence-corrected chi connectivity index (χ1v) is 5.45. The van der Waals surface area contributed by atoms with E-state index in [4.69, 9.17) is 14.9 Å². The number of aliphatic hydroxyl groups is 2. The van der Waals surface area contributed by atoms with Gasteiger partial charge >= 0.3 is 6.18 Å². The minimum Gasteiger partial charge on any atom is -0.358 e. The van der Waals surface area contributed by atoms with Crippen LogP contribution in [0.15, 0.2) is 28.7 Å². The molecular weight excluding hydrogens is 305 g/mol. The lowest BCUT2D eigenvalue weighted by Crippen LogP contribution is -2.50. The van der Waals surface area contributed by atoms with Gasteiger partial charge in [-0.3, -0.25) is 0 Å². The summed E-state index contributed by atoms with van der Waals surface area (Å²) in [6.45, 7) is 0. The van der Waals surface area contributed by atoms with Gasteiger partial charge in [0.2, 0.25) is 0 Å². The first-order valence-electron chi connectivity index (χ1n) is 4.66. The van der Waals surface area contributed by atoms with E-state index in [1.54, 1.807) is 24.3 Å². The van der Waals surface area contributed by atoms with Gasteiger partial charge in [-0.1, -0.05) is 28.1 Å². The van der Waals surface area contributed by atoms with Crippen molar-refractivity contribution in [2.75, 3.05) is 0 Å². The largest absolute Gasteiger partial charge is 0.445 e. The van der Waals surface area contributed by atoms with Crippen LogP contribution in [-0.2, 0) is 4.74 Å². The number of hydrogen-bond donors (Lipinski definition) is 2. The highest BCUT2D eigenvalue weighted by atomic mass is 79.9. The average molecular weight is 313 g/mol. The van der Waals surface area contributed by atoms with Gasteiger partial charge in [-0.15, -0.1) is 0 Å². The molecule has 0 radical (unpaired) electrons. The zero-order valence-corrected chi connectivity index (χ0v) is 9.86. The second-order valence-electron chi connectivity index (χ2n) is 3.75. The molecule has 17 heavy (non-hydrogen) atoms. The number of hydrogen-bond acceptors (Lipinski definition) is 3. The van der Waals surface area contributed by atoms with E-state index in [1.165, 1.54) is 0 Å². The van der Waals surface area contributed by atoms with Crippen LogP contribution in [0.3, 0.4) is 0 Å². The Morgan fingerprint density at radius 2 is 1.65 bits per heavy atom. The molecule has 0 spiro atoms. The molecule has 2 N–H and O–H groups in total. The molecule has 0 aliphatic carbocycles. The Bertz CT molecular complexity index is 416. The van der Waals surface area contributed by atoms with Crippen LogP contribution < -0.4 is 0 Å². The summed E-state index contributed by atoms with van der Waals surface area (Å²) < 4.78 is 42.3. The summed E-state index contributed by atoms with van der Waals surface area (Å²) in [5.74, 6) is -3.81. The second kappa shape index (κ2) is 3.94. The molecular formula is C10H8BrF3O3. The summed E-state index contributed by atoms with van der Waals surface area (Å²) in [5.41, 5.74) is 0.468. The van der Waals surface area contributed by atoms with E-state index in [0.717, 1.165) is 4.47 Å². The van der Waals surface area contributed by atoms with Crippen molar-refractivity contribution in [3.8, 4) is 0 Å². The molecule has 0 aromatic heterocycles. The Labute approximate surface area is 103 Å². The minimum absolute atomic E-state index is 0.468. The zero-order chi connectivity index (χ0) is 12.8. The molecule has 1 aliphatic rings. The first-order chi connectivity index (χ1) is 7.73. The molecule has 0 saturated carbocycles. The normalized spacial score (nSPS) is 24.8. The highest BCUT2D eigenvalue weighted by molar-refractivity contribution is 9.10. The van der Waals surface area contributed by atoms with Gasteiger partial charge < -0.3 is 14.9 Å². The summed E-state index contributed by atoms with van der Waals surface area (Å²) in [6, 6.07) is 6.39. The van der Waals surface area contributed by atoms with E-state index >= 15 is 0 Å². The van der Waals surface area contributed by atoms with Crippen molar-refractivity contribution in [2.45, 2.75) is 24.2 Å². The Hall–Kier alpha value is -0.630. The van der Waals surface area contributed by atoms with Crippen molar-refractivity contribution in [2.24, 2.45) is 0 Å². The first kappa shape index (κ1) is 12.8.